The van der Waals surface area contributed by atoms with Crippen molar-refractivity contribution in [3.8, 4) is 0 Å². The second kappa shape index (κ2) is 8.20. The van der Waals surface area contributed by atoms with E-state index >= 15 is 0 Å². The molecule has 18 heavy (non-hydrogen) atoms. The van der Waals surface area contributed by atoms with Crippen LogP contribution in [0.2, 0.25) is 0 Å². The Morgan fingerprint density at radius 2 is 2.06 bits per heavy atom. The van der Waals surface area contributed by atoms with Crippen LogP contribution in [0.4, 0.5) is 13.2 Å². The van der Waals surface area contributed by atoms with E-state index in [1.54, 1.807) is 6.26 Å². The van der Waals surface area contributed by atoms with E-state index in [0.717, 1.165) is 0 Å². The van der Waals surface area contributed by atoms with Crippen LogP contribution < -0.4 is 5.32 Å². The molecule has 0 rings (SSSR count). The number of rotatable bonds is 8. The summed E-state index contributed by atoms with van der Waals surface area (Å²) in [7, 11) is 0. The topological polar surface area (TPSA) is 75.6 Å². The number of nitrogens with one attached hydrogen (secondary N) is 1. The number of alkyl halides is 3. The van der Waals surface area contributed by atoms with Crippen LogP contribution in [0.15, 0.2) is 0 Å². The van der Waals surface area contributed by atoms with E-state index in [1.165, 1.54) is 11.8 Å². The number of carbonyl (C=O) groups excluding carboxylic acids is 1. The first-order chi connectivity index (χ1) is 8.26. The maximum absolute atomic E-state index is 11.7. The summed E-state index contributed by atoms with van der Waals surface area (Å²) in [6.45, 7) is -2.36. The molecule has 0 aliphatic heterocycles. The summed E-state index contributed by atoms with van der Waals surface area (Å²) < 4.78 is 39.2. The number of carboxylic acid groups (broad SMARTS) is 1. The van der Waals surface area contributed by atoms with Crippen molar-refractivity contribution in [2.24, 2.45) is 0 Å². The lowest BCUT2D eigenvalue weighted by molar-refractivity contribution is -0.176. The van der Waals surface area contributed by atoms with Gasteiger partial charge in [0, 0.05) is 0 Å². The van der Waals surface area contributed by atoms with Gasteiger partial charge < -0.3 is 15.2 Å². The Morgan fingerprint density at radius 1 is 1.44 bits per heavy atom. The molecule has 0 aromatic rings. The summed E-state index contributed by atoms with van der Waals surface area (Å²) in [5.74, 6) is -1.60. The smallest absolute Gasteiger partial charge is 0.411 e. The fraction of sp³-hybridized carbons (Fsp3) is 0.778. The van der Waals surface area contributed by atoms with Gasteiger partial charge >= 0.3 is 12.1 Å². The minimum absolute atomic E-state index is 0.196. The Balaban J connectivity index is 3.99. The van der Waals surface area contributed by atoms with Crippen LogP contribution in [0, 0.1) is 0 Å². The molecule has 0 heterocycles. The van der Waals surface area contributed by atoms with E-state index in [4.69, 9.17) is 5.11 Å². The molecule has 0 aliphatic carbocycles. The van der Waals surface area contributed by atoms with Gasteiger partial charge in [0.25, 0.3) is 0 Å². The molecule has 0 aromatic heterocycles. The van der Waals surface area contributed by atoms with Crippen molar-refractivity contribution in [2.45, 2.75) is 18.6 Å². The van der Waals surface area contributed by atoms with Crippen molar-refractivity contribution >= 4 is 23.6 Å². The highest BCUT2D eigenvalue weighted by atomic mass is 32.2. The van der Waals surface area contributed by atoms with Gasteiger partial charge in [0.1, 0.15) is 19.3 Å². The average molecular weight is 289 g/mol. The number of carboxylic acids is 1. The van der Waals surface area contributed by atoms with Gasteiger partial charge in [-0.2, -0.15) is 24.9 Å². The molecule has 9 heteroatoms. The van der Waals surface area contributed by atoms with Gasteiger partial charge in [-0.1, -0.05) is 0 Å². The van der Waals surface area contributed by atoms with Crippen LogP contribution in [0.1, 0.15) is 6.42 Å². The first-order valence-electron chi connectivity index (χ1n) is 4.92. The largest absolute Gasteiger partial charge is 0.480 e. The first kappa shape index (κ1) is 17.0. The summed E-state index contributed by atoms with van der Waals surface area (Å²) >= 11 is 1.40. The highest BCUT2D eigenvalue weighted by Gasteiger charge is 2.28. The monoisotopic (exact) mass is 289 g/mol. The van der Waals surface area contributed by atoms with E-state index in [1.807, 2.05) is 0 Å². The molecule has 0 fully saturated rings. The molecule has 0 aromatic carbocycles. The van der Waals surface area contributed by atoms with Crippen LogP contribution in [0.3, 0.4) is 0 Å². The van der Waals surface area contributed by atoms with E-state index in [9.17, 15) is 22.8 Å². The third-order valence-electron chi connectivity index (χ3n) is 1.74. The molecule has 0 saturated carbocycles. The summed E-state index contributed by atoms with van der Waals surface area (Å²) in [6, 6.07) is -1.11. The number of aliphatic carboxylic acids is 1. The standard InChI is InChI=1S/C9H14F3NO4S/c1-18-3-2-6(8(15)16)13-7(14)4-17-5-9(10,11)12/h6H,2-5H2,1H3,(H,13,14)(H,15,16)/t6-/m0/s1. The summed E-state index contributed by atoms with van der Waals surface area (Å²) in [5, 5.41) is 10.9. The Morgan fingerprint density at radius 3 is 2.50 bits per heavy atom. The lowest BCUT2D eigenvalue weighted by Gasteiger charge is -2.14. The molecule has 0 spiro atoms. The molecule has 0 unspecified atom stereocenters. The van der Waals surface area contributed by atoms with Crippen molar-refractivity contribution < 1.29 is 32.6 Å². The Bertz CT molecular complexity index is 285. The number of ether oxygens (including phenoxy) is 1. The molecule has 0 radical (unpaired) electrons. The fourth-order valence-electron chi connectivity index (χ4n) is 0.989. The molecule has 0 bridgehead atoms. The number of halogens is 3. The molecule has 0 aliphatic rings. The number of carbonyl (C=O) groups is 2. The lowest BCUT2D eigenvalue weighted by atomic mass is 10.2. The molecule has 1 amide bonds. The zero-order valence-electron chi connectivity index (χ0n) is 9.62. The van der Waals surface area contributed by atoms with Crippen molar-refractivity contribution in [1.82, 2.24) is 5.32 Å². The Labute approximate surface area is 106 Å². The van der Waals surface area contributed by atoms with Crippen molar-refractivity contribution in [3.05, 3.63) is 0 Å². The number of thioether (sulfide) groups is 1. The number of amides is 1. The lowest BCUT2D eigenvalue weighted by Crippen LogP contribution is -2.43. The second-order valence-electron chi connectivity index (χ2n) is 3.35. The predicted molar refractivity (Wildman–Crippen MR) is 59.4 cm³/mol. The van der Waals surface area contributed by atoms with Gasteiger partial charge in [0.2, 0.25) is 5.91 Å². The third kappa shape index (κ3) is 9.11. The van der Waals surface area contributed by atoms with Gasteiger partial charge in [-0.25, -0.2) is 4.79 Å². The van der Waals surface area contributed by atoms with Crippen LogP contribution in [-0.4, -0.2) is 54.4 Å². The van der Waals surface area contributed by atoms with Gasteiger partial charge in [-0.3, -0.25) is 4.79 Å². The maximum atomic E-state index is 11.7. The maximum Gasteiger partial charge on any atom is 0.411 e. The van der Waals surface area contributed by atoms with Crippen LogP contribution in [-0.2, 0) is 14.3 Å². The minimum Gasteiger partial charge on any atom is -0.480 e. The van der Waals surface area contributed by atoms with Crippen molar-refractivity contribution in [1.29, 1.82) is 0 Å². The Hall–Kier alpha value is -0.960. The number of hydrogen-bond donors (Lipinski definition) is 2. The predicted octanol–water partition coefficient (Wildman–Crippen LogP) is 0.888. The van der Waals surface area contributed by atoms with Crippen LogP contribution in [0.5, 0.6) is 0 Å². The van der Waals surface area contributed by atoms with Crippen molar-refractivity contribution in [2.75, 3.05) is 25.2 Å². The molecular weight excluding hydrogens is 275 g/mol. The highest BCUT2D eigenvalue weighted by Crippen LogP contribution is 2.14. The molecule has 106 valence electrons. The van der Waals surface area contributed by atoms with E-state index in [-0.39, 0.29) is 6.42 Å². The SMILES string of the molecule is CSCC[C@H](NC(=O)COCC(F)(F)F)C(=O)O. The Kier molecular flexibility index (Phi) is 7.76. The van der Waals surface area contributed by atoms with E-state index < -0.39 is 37.3 Å². The first-order valence-corrected chi connectivity index (χ1v) is 6.31. The second-order valence-corrected chi connectivity index (χ2v) is 4.33. The van der Waals surface area contributed by atoms with Crippen LogP contribution in [0.25, 0.3) is 0 Å². The van der Waals surface area contributed by atoms with E-state index in [0.29, 0.717) is 5.75 Å². The highest BCUT2D eigenvalue weighted by molar-refractivity contribution is 7.98. The summed E-state index contributed by atoms with van der Waals surface area (Å²) in [6.07, 6.45) is -2.54. The summed E-state index contributed by atoms with van der Waals surface area (Å²) in [5.41, 5.74) is 0. The zero-order chi connectivity index (χ0) is 14.2. The summed E-state index contributed by atoms with van der Waals surface area (Å²) in [4.78, 5) is 21.9. The van der Waals surface area contributed by atoms with Crippen LogP contribution >= 0.6 is 11.8 Å². The molecule has 1 atom stereocenters. The quantitative estimate of drug-likeness (QED) is 0.694. The molecule has 2 N–H and O–H groups in total. The molecule has 5 nitrogen and oxygen atoms in total. The van der Waals surface area contributed by atoms with Gasteiger partial charge in [0.15, 0.2) is 0 Å². The van der Waals surface area contributed by atoms with E-state index in [2.05, 4.69) is 10.1 Å². The minimum atomic E-state index is -4.51. The van der Waals surface area contributed by atoms with Crippen molar-refractivity contribution in [3.63, 3.8) is 0 Å². The van der Waals surface area contributed by atoms with Gasteiger partial charge in [-0.05, 0) is 18.4 Å². The average Bonchev–Trinajstić information content (AvgIpc) is 2.21. The third-order valence-corrected chi connectivity index (χ3v) is 2.39. The molecular formula is C9H14F3NO4S. The fourth-order valence-corrected chi connectivity index (χ4v) is 1.46. The zero-order valence-corrected chi connectivity index (χ0v) is 10.4. The number of hydrogen-bond acceptors (Lipinski definition) is 4. The van der Waals surface area contributed by atoms with Gasteiger partial charge in [0.05, 0.1) is 0 Å². The normalized spacial score (nSPS) is 13.1. The van der Waals surface area contributed by atoms with Gasteiger partial charge in [-0.15, -0.1) is 0 Å². The molecule has 0 saturated heterocycles.